The molecule has 0 aliphatic carbocycles. The summed E-state index contributed by atoms with van der Waals surface area (Å²) in [5, 5.41) is 1.31. The third kappa shape index (κ3) is 3.64. The number of halogens is 4. The van der Waals surface area contributed by atoms with Crippen molar-refractivity contribution in [2.75, 3.05) is 31.1 Å². The molecule has 1 amide bonds. The zero-order valence-electron chi connectivity index (χ0n) is 14.5. The number of pyridine rings is 1. The highest BCUT2D eigenvalue weighted by atomic mass is 35.5. The Bertz CT molecular complexity index is 1010. The van der Waals surface area contributed by atoms with Gasteiger partial charge in [-0.3, -0.25) is 4.79 Å². The van der Waals surface area contributed by atoms with Crippen LogP contribution in [0.2, 0.25) is 5.02 Å². The molecule has 1 aromatic carbocycles. The van der Waals surface area contributed by atoms with E-state index in [1.54, 1.807) is 29.2 Å². The minimum Gasteiger partial charge on any atom is -0.451 e. The van der Waals surface area contributed by atoms with Crippen molar-refractivity contribution in [1.29, 1.82) is 0 Å². The second-order valence-electron chi connectivity index (χ2n) is 6.47. The number of furan rings is 1. The van der Waals surface area contributed by atoms with E-state index in [-0.39, 0.29) is 11.7 Å². The molecule has 1 aliphatic rings. The number of piperazine rings is 1. The second kappa shape index (κ2) is 7.01. The molecule has 28 heavy (non-hydrogen) atoms. The van der Waals surface area contributed by atoms with Gasteiger partial charge in [0.05, 0.1) is 5.56 Å². The van der Waals surface area contributed by atoms with Crippen molar-refractivity contribution in [3.05, 3.63) is 58.9 Å². The summed E-state index contributed by atoms with van der Waals surface area (Å²) in [4.78, 5) is 20.1. The topological polar surface area (TPSA) is 49.6 Å². The molecule has 0 unspecified atom stereocenters. The van der Waals surface area contributed by atoms with Crippen LogP contribution in [0, 0.1) is 0 Å². The molecule has 0 atom stereocenters. The maximum atomic E-state index is 12.7. The van der Waals surface area contributed by atoms with Crippen LogP contribution in [0.1, 0.15) is 16.1 Å². The highest BCUT2D eigenvalue weighted by molar-refractivity contribution is 6.31. The summed E-state index contributed by atoms with van der Waals surface area (Å²) in [5.74, 6) is 0.462. The van der Waals surface area contributed by atoms with Gasteiger partial charge < -0.3 is 14.2 Å². The zero-order valence-corrected chi connectivity index (χ0v) is 15.3. The predicted octanol–water partition coefficient (Wildman–Crippen LogP) is 4.46. The normalized spacial score (nSPS) is 15.3. The van der Waals surface area contributed by atoms with Crippen LogP contribution >= 0.6 is 11.6 Å². The summed E-state index contributed by atoms with van der Waals surface area (Å²) in [6.07, 6.45) is -3.58. The molecule has 1 fully saturated rings. The molecule has 0 spiro atoms. The largest absolute Gasteiger partial charge is 0.451 e. The summed E-state index contributed by atoms with van der Waals surface area (Å²) < 4.78 is 43.6. The Hall–Kier alpha value is -2.74. The Morgan fingerprint density at radius 1 is 1.07 bits per heavy atom. The standard InChI is InChI=1S/C19H15ClF3N3O2/c20-14-2-3-15-12(9-14)10-16(28-15)18(27)26-7-5-25(6-8-26)17-4-1-13(11-24-17)19(21,22)23/h1-4,9-11H,5-8H2. The molecular formula is C19H15ClF3N3O2. The average molecular weight is 410 g/mol. The Morgan fingerprint density at radius 2 is 1.82 bits per heavy atom. The fourth-order valence-electron chi connectivity index (χ4n) is 3.15. The van der Waals surface area contributed by atoms with Crippen molar-refractivity contribution >= 4 is 34.3 Å². The first-order valence-electron chi connectivity index (χ1n) is 8.58. The molecule has 0 radical (unpaired) electrons. The Kier molecular flexibility index (Phi) is 4.66. The van der Waals surface area contributed by atoms with Crippen molar-refractivity contribution in [3.8, 4) is 0 Å². The van der Waals surface area contributed by atoms with Gasteiger partial charge in [-0.1, -0.05) is 11.6 Å². The number of hydrogen-bond donors (Lipinski definition) is 0. The van der Waals surface area contributed by atoms with Gasteiger partial charge in [-0.15, -0.1) is 0 Å². The number of amides is 1. The Morgan fingerprint density at radius 3 is 2.46 bits per heavy atom. The second-order valence-corrected chi connectivity index (χ2v) is 6.91. The molecule has 0 N–H and O–H groups in total. The zero-order chi connectivity index (χ0) is 19.9. The van der Waals surface area contributed by atoms with E-state index in [4.69, 9.17) is 16.0 Å². The van der Waals surface area contributed by atoms with Crippen molar-refractivity contribution < 1.29 is 22.4 Å². The molecular weight excluding hydrogens is 395 g/mol. The third-order valence-corrected chi connectivity index (χ3v) is 4.89. The van der Waals surface area contributed by atoms with Gasteiger partial charge in [0.1, 0.15) is 11.4 Å². The molecule has 3 aromatic rings. The first kappa shape index (κ1) is 18.6. The monoisotopic (exact) mass is 409 g/mol. The van der Waals surface area contributed by atoms with E-state index in [9.17, 15) is 18.0 Å². The lowest BCUT2D eigenvalue weighted by molar-refractivity contribution is -0.137. The maximum absolute atomic E-state index is 12.7. The molecule has 5 nitrogen and oxygen atoms in total. The van der Waals surface area contributed by atoms with E-state index >= 15 is 0 Å². The lowest BCUT2D eigenvalue weighted by Crippen LogP contribution is -2.49. The molecule has 3 heterocycles. The van der Waals surface area contributed by atoms with Crippen molar-refractivity contribution in [3.63, 3.8) is 0 Å². The lowest BCUT2D eigenvalue weighted by Gasteiger charge is -2.35. The molecule has 146 valence electrons. The number of alkyl halides is 3. The van der Waals surface area contributed by atoms with Crippen molar-refractivity contribution in [2.24, 2.45) is 0 Å². The molecule has 0 bridgehead atoms. The molecule has 1 saturated heterocycles. The van der Waals surface area contributed by atoms with Crippen LogP contribution < -0.4 is 4.90 Å². The van der Waals surface area contributed by atoms with E-state index in [1.807, 2.05) is 4.90 Å². The number of hydrogen-bond acceptors (Lipinski definition) is 4. The summed E-state index contributed by atoms with van der Waals surface area (Å²) >= 11 is 5.95. The van der Waals surface area contributed by atoms with Crippen LogP contribution in [-0.2, 0) is 6.18 Å². The van der Waals surface area contributed by atoms with Gasteiger partial charge in [-0.25, -0.2) is 4.98 Å². The molecule has 0 saturated carbocycles. The molecule has 1 aliphatic heterocycles. The van der Waals surface area contributed by atoms with Crippen LogP contribution in [0.15, 0.2) is 47.0 Å². The van der Waals surface area contributed by atoms with Gasteiger partial charge >= 0.3 is 6.18 Å². The summed E-state index contributed by atoms with van der Waals surface area (Å²) in [7, 11) is 0. The quantitative estimate of drug-likeness (QED) is 0.627. The minimum atomic E-state index is -4.41. The van der Waals surface area contributed by atoms with Crippen LogP contribution in [0.5, 0.6) is 0 Å². The van der Waals surface area contributed by atoms with Gasteiger partial charge in [0.15, 0.2) is 5.76 Å². The highest BCUT2D eigenvalue weighted by Gasteiger charge is 2.31. The number of benzene rings is 1. The number of nitrogens with zero attached hydrogens (tertiary/aromatic N) is 3. The van der Waals surface area contributed by atoms with Gasteiger partial charge in [-0.2, -0.15) is 13.2 Å². The molecule has 2 aromatic heterocycles. The highest BCUT2D eigenvalue weighted by Crippen LogP contribution is 2.29. The fraction of sp³-hybridized carbons (Fsp3) is 0.263. The van der Waals surface area contributed by atoms with Crippen LogP contribution in [0.4, 0.5) is 19.0 Å². The number of rotatable bonds is 2. The maximum Gasteiger partial charge on any atom is 0.417 e. The van der Waals surface area contributed by atoms with Gasteiger partial charge in [0.2, 0.25) is 0 Å². The first-order chi connectivity index (χ1) is 13.3. The Balaban J connectivity index is 1.42. The van der Waals surface area contributed by atoms with Gasteiger partial charge in [0.25, 0.3) is 5.91 Å². The number of carbonyl (C=O) groups excluding carboxylic acids is 1. The number of aromatic nitrogens is 1. The van der Waals surface area contributed by atoms with Crippen molar-refractivity contribution in [2.45, 2.75) is 6.18 Å². The van der Waals surface area contributed by atoms with Gasteiger partial charge in [0, 0.05) is 42.8 Å². The van der Waals surface area contributed by atoms with E-state index in [2.05, 4.69) is 4.98 Å². The van der Waals surface area contributed by atoms with E-state index in [0.717, 1.165) is 17.6 Å². The Labute approximate surface area is 163 Å². The van der Waals surface area contributed by atoms with Crippen LogP contribution in [0.25, 0.3) is 11.0 Å². The number of anilines is 1. The molecule has 4 rings (SSSR count). The predicted molar refractivity (Wildman–Crippen MR) is 98.6 cm³/mol. The average Bonchev–Trinajstić information content (AvgIpc) is 3.10. The van der Waals surface area contributed by atoms with E-state index < -0.39 is 11.7 Å². The van der Waals surface area contributed by atoms with Crippen LogP contribution in [0.3, 0.4) is 0 Å². The van der Waals surface area contributed by atoms with Crippen LogP contribution in [-0.4, -0.2) is 42.0 Å². The number of carbonyl (C=O) groups is 1. The third-order valence-electron chi connectivity index (χ3n) is 4.66. The lowest BCUT2D eigenvalue weighted by atomic mass is 10.2. The van der Waals surface area contributed by atoms with E-state index in [1.165, 1.54) is 6.07 Å². The van der Waals surface area contributed by atoms with Crippen molar-refractivity contribution in [1.82, 2.24) is 9.88 Å². The van der Waals surface area contributed by atoms with E-state index in [0.29, 0.717) is 42.6 Å². The summed E-state index contributed by atoms with van der Waals surface area (Å²) in [6.45, 7) is 1.77. The van der Waals surface area contributed by atoms with Gasteiger partial charge in [-0.05, 0) is 36.4 Å². The minimum absolute atomic E-state index is 0.229. The smallest absolute Gasteiger partial charge is 0.417 e. The number of fused-ring (bicyclic) bond motifs is 1. The summed E-state index contributed by atoms with van der Waals surface area (Å²) in [6, 6.07) is 9.15. The first-order valence-corrected chi connectivity index (χ1v) is 8.95. The SMILES string of the molecule is O=C(c1cc2cc(Cl)ccc2o1)N1CCN(c2ccc(C(F)(F)F)cn2)CC1. The summed E-state index contributed by atoms with van der Waals surface area (Å²) in [5.41, 5.74) is -0.199. The molecule has 9 heteroatoms. The fourth-order valence-corrected chi connectivity index (χ4v) is 3.34.